The molecule has 0 saturated heterocycles. The molecular weight excluding hydrogens is 311 g/mol. The Kier molecular flexibility index (Phi) is 3.57. The summed E-state index contributed by atoms with van der Waals surface area (Å²) in [5.74, 6) is 0. The molecule has 1 aromatic heterocycles. The third-order valence-corrected chi connectivity index (χ3v) is 3.45. The van der Waals surface area contributed by atoms with Crippen molar-refractivity contribution in [1.82, 2.24) is 9.78 Å². The van der Waals surface area contributed by atoms with Crippen molar-refractivity contribution in [3.05, 3.63) is 50.2 Å². The molecule has 0 N–H and O–H groups in total. The summed E-state index contributed by atoms with van der Waals surface area (Å²) in [5.41, 5.74) is 1.85. The van der Waals surface area contributed by atoms with E-state index < -0.39 is 0 Å². The summed E-state index contributed by atoms with van der Waals surface area (Å²) in [6.07, 6.45) is 1.80. The quantitative estimate of drug-likeness (QED) is 0.806. The number of aromatic nitrogens is 2. The van der Waals surface area contributed by atoms with Crippen LogP contribution in [0.5, 0.6) is 0 Å². The Morgan fingerprint density at radius 2 is 2.06 bits per heavy atom. The summed E-state index contributed by atoms with van der Waals surface area (Å²) >= 11 is 15.4. The predicted molar refractivity (Wildman–Crippen MR) is 70.2 cm³/mol. The van der Waals surface area contributed by atoms with E-state index >= 15 is 0 Å². The molecule has 0 unspecified atom stereocenters. The maximum atomic E-state index is 6.12. The Labute approximate surface area is 112 Å². The lowest BCUT2D eigenvalue weighted by Gasteiger charge is -2.04. The lowest BCUT2D eigenvalue weighted by Crippen LogP contribution is -2.01. The third-order valence-electron chi connectivity index (χ3n) is 2.23. The van der Waals surface area contributed by atoms with Gasteiger partial charge in [0.2, 0.25) is 0 Å². The second-order valence-electron chi connectivity index (χ2n) is 3.50. The number of hydrogen-bond donors (Lipinski definition) is 0. The number of halogens is 3. The molecule has 2 aromatic rings. The Balaban J connectivity index is 2.27. The van der Waals surface area contributed by atoms with Gasteiger partial charge in [0.1, 0.15) is 0 Å². The molecule has 5 heteroatoms. The maximum Gasteiger partial charge on any atom is 0.0815 e. The molecule has 2 rings (SSSR count). The van der Waals surface area contributed by atoms with Crippen molar-refractivity contribution in [1.29, 1.82) is 0 Å². The van der Waals surface area contributed by atoms with Gasteiger partial charge in [0, 0.05) is 15.7 Å². The molecule has 0 aliphatic carbocycles. The molecule has 1 aromatic carbocycles. The average molecular weight is 320 g/mol. The number of aryl methyl sites for hydroxylation is 1. The van der Waals surface area contributed by atoms with E-state index in [4.69, 9.17) is 23.2 Å². The molecule has 0 saturated carbocycles. The van der Waals surface area contributed by atoms with Gasteiger partial charge in [0.05, 0.1) is 17.3 Å². The first-order valence-electron chi connectivity index (χ1n) is 4.70. The summed E-state index contributed by atoms with van der Waals surface area (Å²) in [6.45, 7) is 2.50. The van der Waals surface area contributed by atoms with E-state index in [9.17, 15) is 0 Å². The van der Waals surface area contributed by atoms with Crippen LogP contribution in [0.4, 0.5) is 0 Å². The highest BCUT2D eigenvalue weighted by atomic mass is 79.9. The Hall–Kier alpha value is -0.510. The second kappa shape index (κ2) is 4.78. The van der Waals surface area contributed by atoms with Gasteiger partial charge >= 0.3 is 0 Å². The van der Waals surface area contributed by atoms with E-state index in [-0.39, 0.29) is 0 Å². The lowest BCUT2D eigenvalue weighted by atomic mass is 10.2. The normalized spacial score (nSPS) is 10.8. The molecule has 2 nitrogen and oxygen atoms in total. The second-order valence-corrected chi connectivity index (χ2v) is 5.23. The predicted octanol–water partition coefficient (Wildman–Crippen LogP) is 4.31. The molecule has 0 spiro atoms. The SMILES string of the molecule is Cc1nn(Cc2ccc(Br)cc2Cl)cc1Cl. The molecule has 0 bridgehead atoms. The van der Waals surface area contributed by atoms with Crippen molar-refractivity contribution in [2.45, 2.75) is 13.5 Å². The van der Waals surface area contributed by atoms with Gasteiger partial charge in [-0.25, -0.2) is 0 Å². The fourth-order valence-corrected chi connectivity index (χ4v) is 2.28. The molecule has 0 radical (unpaired) electrons. The molecule has 0 aliphatic heterocycles. The highest BCUT2D eigenvalue weighted by Crippen LogP contribution is 2.22. The van der Waals surface area contributed by atoms with E-state index in [0.29, 0.717) is 11.6 Å². The molecule has 84 valence electrons. The smallest absolute Gasteiger partial charge is 0.0815 e. The van der Waals surface area contributed by atoms with Crippen LogP contribution < -0.4 is 0 Å². The molecule has 0 amide bonds. The van der Waals surface area contributed by atoms with E-state index in [2.05, 4.69) is 21.0 Å². The van der Waals surface area contributed by atoms with Gasteiger partial charge < -0.3 is 0 Å². The van der Waals surface area contributed by atoms with Crippen molar-refractivity contribution in [3.63, 3.8) is 0 Å². The van der Waals surface area contributed by atoms with Crippen LogP contribution in [-0.2, 0) is 6.54 Å². The minimum absolute atomic E-state index is 0.625. The monoisotopic (exact) mass is 318 g/mol. The average Bonchev–Trinajstić information content (AvgIpc) is 2.51. The number of benzene rings is 1. The van der Waals surface area contributed by atoms with E-state index in [1.807, 2.05) is 25.1 Å². The third kappa shape index (κ3) is 2.59. The molecule has 0 fully saturated rings. The van der Waals surface area contributed by atoms with Crippen molar-refractivity contribution < 1.29 is 0 Å². The van der Waals surface area contributed by atoms with Gasteiger partial charge in [0.25, 0.3) is 0 Å². The highest BCUT2D eigenvalue weighted by molar-refractivity contribution is 9.10. The van der Waals surface area contributed by atoms with Crippen LogP contribution in [-0.4, -0.2) is 9.78 Å². The number of hydrogen-bond acceptors (Lipinski definition) is 1. The molecular formula is C11H9BrCl2N2. The van der Waals surface area contributed by atoms with E-state index in [0.717, 1.165) is 20.8 Å². The Morgan fingerprint density at radius 3 is 2.62 bits per heavy atom. The fraction of sp³-hybridized carbons (Fsp3) is 0.182. The van der Waals surface area contributed by atoms with Gasteiger partial charge in [-0.15, -0.1) is 0 Å². The van der Waals surface area contributed by atoms with Gasteiger partial charge in [-0.05, 0) is 24.6 Å². The van der Waals surface area contributed by atoms with E-state index in [1.165, 1.54) is 0 Å². The van der Waals surface area contributed by atoms with Crippen LogP contribution in [0.2, 0.25) is 10.0 Å². The van der Waals surface area contributed by atoms with Crippen LogP contribution in [0.15, 0.2) is 28.9 Å². The summed E-state index contributed by atoms with van der Waals surface area (Å²) < 4.78 is 2.75. The van der Waals surface area contributed by atoms with Crippen molar-refractivity contribution >= 4 is 39.1 Å². The minimum atomic E-state index is 0.625. The van der Waals surface area contributed by atoms with Crippen LogP contribution in [0.25, 0.3) is 0 Å². The molecule has 16 heavy (non-hydrogen) atoms. The van der Waals surface area contributed by atoms with Crippen molar-refractivity contribution in [2.75, 3.05) is 0 Å². The molecule has 0 atom stereocenters. The summed E-state index contributed by atoms with van der Waals surface area (Å²) in [7, 11) is 0. The van der Waals surface area contributed by atoms with Gasteiger partial charge in [-0.2, -0.15) is 5.10 Å². The summed E-state index contributed by atoms with van der Waals surface area (Å²) in [5, 5.41) is 5.68. The first-order chi connectivity index (χ1) is 7.56. The standard InChI is InChI=1S/C11H9BrCl2N2/c1-7-11(14)6-16(15-7)5-8-2-3-9(12)4-10(8)13/h2-4,6H,5H2,1H3. The van der Waals surface area contributed by atoms with Gasteiger partial charge in [-0.1, -0.05) is 45.2 Å². The summed E-state index contributed by atoms with van der Waals surface area (Å²) in [6, 6.07) is 5.80. The molecule has 1 heterocycles. The number of nitrogens with zero attached hydrogens (tertiary/aromatic N) is 2. The lowest BCUT2D eigenvalue weighted by molar-refractivity contribution is 0.679. The van der Waals surface area contributed by atoms with Crippen molar-refractivity contribution in [3.8, 4) is 0 Å². The first-order valence-corrected chi connectivity index (χ1v) is 6.24. The zero-order valence-electron chi connectivity index (χ0n) is 8.54. The topological polar surface area (TPSA) is 17.8 Å². The fourth-order valence-electron chi connectivity index (χ4n) is 1.40. The van der Waals surface area contributed by atoms with Crippen LogP contribution in [0, 0.1) is 6.92 Å². The largest absolute Gasteiger partial charge is 0.266 e. The first kappa shape index (κ1) is 12.0. The summed E-state index contributed by atoms with van der Waals surface area (Å²) in [4.78, 5) is 0. The van der Waals surface area contributed by atoms with Gasteiger partial charge in [0.15, 0.2) is 0 Å². The number of rotatable bonds is 2. The van der Waals surface area contributed by atoms with Crippen LogP contribution in [0.3, 0.4) is 0 Å². The van der Waals surface area contributed by atoms with Crippen LogP contribution >= 0.6 is 39.1 Å². The Morgan fingerprint density at radius 1 is 1.31 bits per heavy atom. The molecule has 0 aliphatic rings. The van der Waals surface area contributed by atoms with Crippen LogP contribution in [0.1, 0.15) is 11.3 Å². The minimum Gasteiger partial charge on any atom is -0.266 e. The zero-order chi connectivity index (χ0) is 11.7. The Bertz CT molecular complexity index is 503. The van der Waals surface area contributed by atoms with E-state index in [1.54, 1.807) is 10.9 Å². The van der Waals surface area contributed by atoms with Crippen molar-refractivity contribution in [2.24, 2.45) is 0 Å². The highest BCUT2D eigenvalue weighted by Gasteiger charge is 2.05. The maximum absolute atomic E-state index is 6.12. The van der Waals surface area contributed by atoms with Gasteiger partial charge in [-0.3, -0.25) is 4.68 Å². The zero-order valence-corrected chi connectivity index (χ0v) is 11.6.